The van der Waals surface area contributed by atoms with Crippen molar-refractivity contribution in [1.29, 1.82) is 0 Å². The standard InChI is InChI=1S/C18H28N2O4S/c1-13(2)9-10-19-18(21)16-6-5-11-20(16)25(22,23)17-12-15(24-4)8-7-14(17)3/h7-8,12-13,16H,5-6,9-11H2,1-4H3,(H,19,21)/t16-/m1/s1. The van der Waals surface area contributed by atoms with E-state index in [9.17, 15) is 13.2 Å². The van der Waals surface area contributed by atoms with Crippen LogP contribution in [0.4, 0.5) is 0 Å². The number of nitrogens with one attached hydrogen (secondary N) is 1. The lowest BCUT2D eigenvalue weighted by Crippen LogP contribution is -2.46. The van der Waals surface area contributed by atoms with Gasteiger partial charge in [0.05, 0.1) is 12.0 Å². The van der Waals surface area contributed by atoms with Gasteiger partial charge in [-0.3, -0.25) is 4.79 Å². The quantitative estimate of drug-likeness (QED) is 0.801. The Hall–Kier alpha value is -1.60. The molecule has 0 aliphatic carbocycles. The molecule has 1 aliphatic rings. The average molecular weight is 368 g/mol. The van der Waals surface area contributed by atoms with E-state index in [1.807, 2.05) is 0 Å². The number of carbonyl (C=O) groups excluding carboxylic acids is 1. The summed E-state index contributed by atoms with van der Waals surface area (Å²) >= 11 is 0. The molecule has 1 saturated heterocycles. The fourth-order valence-corrected chi connectivity index (χ4v) is 4.90. The van der Waals surface area contributed by atoms with Gasteiger partial charge in [-0.2, -0.15) is 4.31 Å². The van der Waals surface area contributed by atoms with Gasteiger partial charge >= 0.3 is 0 Å². The van der Waals surface area contributed by atoms with Crippen molar-refractivity contribution < 1.29 is 17.9 Å². The Labute approximate surface area is 150 Å². The van der Waals surface area contributed by atoms with Crippen LogP contribution in [-0.2, 0) is 14.8 Å². The molecule has 0 saturated carbocycles. The second-order valence-electron chi connectivity index (χ2n) is 6.88. The van der Waals surface area contributed by atoms with Crippen molar-refractivity contribution in [3.8, 4) is 5.75 Å². The van der Waals surface area contributed by atoms with Gasteiger partial charge in [-0.1, -0.05) is 19.9 Å². The molecule has 1 aliphatic heterocycles. The largest absolute Gasteiger partial charge is 0.497 e. The Morgan fingerprint density at radius 1 is 1.40 bits per heavy atom. The number of carbonyl (C=O) groups is 1. The highest BCUT2D eigenvalue weighted by Crippen LogP contribution is 2.30. The normalized spacial score (nSPS) is 18.5. The van der Waals surface area contributed by atoms with Crippen molar-refractivity contribution in [2.45, 2.75) is 51.0 Å². The van der Waals surface area contributed by atoms with E-state index in [-0.39, 0.29) is 10.8 Å². The molecule has 1 amide bonds. The lowest BCUT2D eigenvalue weighted by molar-refractivity contribution is -0.124. The number of ether oxygens (including phenoxy) is 1. The molecule has 0 aromatic heterocycles. The molecule has 1 fully saturated rings. The predicted molar refractivity (Wildman–Crippen MR) is 97.1 cm³/mol. The molecule has 0 bridgehead atoms. The van der Waals surface area contributed by atoms with Crippen LogP contribution < -0.4 is 10.1 Å². The van der Waals surface area contributed by atoms with Gasteiger partial charge in [0.2, 0.25) is 15.9 Å². The van der Waals surface area contributed by atoms with Crippen LogP contribution in [0.2, 0.25) is 0 Å². The summed E-state index contributed by atoms with van der Waals surface area (Å²) in [7, 11) is -2.24. The third-order valence-corrected chi connectivity index (χ3v) is 6.56. The van der Waals surface area contributed by atoms with Crippen LogP contribution in [0.5, 0.6) is 5.75 Å². The first-order valence-corrected chi connectivity index (χ1v) is 10.2. The molecule has 140 valence electrons. The van der Waals surface area contributed by atoms with Crippen molar-refractivity contribution in [3.63, 3.8) is 0 Å². The predicted octanol–water partition coefficient (Wildman–Crippen LogP) is 2.32. The van der Waals surface area contributed by atoms with Gasteiger partial charge in [0.15, 0.2) is 0 Å². The average Bonchev–Trinajstić information content (AvgIpc) is 3.05. The number of hydrogen-bond donors (Lipinski definition) is 1. The van der Waals surface area contributed by atoms with E-state index in [4.69, 9.17) is 4.74 Å². The smallest absolute Gasteiger partial charge is 0.244 e. The van der Waals surface area contributed by atoms with Gasteiger partial charge in [-0.25, -0.2) is 8.42 Å². The summed E-state index contributed by atoms with van der Waals surface area (Å²) in [6.45, 7) is 6.86. The molecular formula is C18H28N2O4S. The molecule has 25 heavy (non-hydrogen) atoms. The Morgan fingerprint density at radius 3 is 2.76 bits per heavy atom. The highest BCUT2D eigenvalue weighted by atomic mass is 32.2. The van der Waals surface area contributed by atoms with Crippen LogP contribution in [0, 0.1) is 12.8 Å². The number of methoxy groups -OCH3 is 1. The first kappa shape index (κ1) is 19.7. The summed E-state index contributed by atoms with van der Waals surface area (Å²) in [6.07, 6.45) is 2.11. The summed E-state index contributed by atoms with van der Waals surface area (Å²) < 4.78 is 32.7. The van der Waals surface area contributed by atoms with E-state index >= 15 is 0 Å². The first-order valence-electron chi connectivity index (χ1n) is 8.71. The van der Waals surface area contributed by atoms with Crippen molar-refractivity contribution in [1.82, 2.24) is 9.62 Å². The van der Waals surface area contributed by atoms with E-state index in [0.29, 0.717) is 43.2 Å². The van der Waals surface area contributed by atoms with Crippen LogP contribution in [0.3, 0.4) is 0 Å². The molecule has 1 aromatic rings. The topological polar surface area (TPSA) is 75.7 Å². The second kappa shape index (κ2) is 8.19. The Bertz CT molecular complexity index is 716. The van der Waals surface area contributed by atoms with E-state index in [1.165, 1.54) is 17.5 Å². The molecule has 1 N–H and O–H groups in total. The summed E-state index contributed by atoms with van der Waals surface area (Å²) in [6, 6.07) is 4.34. The number of benzene rings is 1. The lowest BCUT2D eigenvalue weighted by atomic mass is 10.1. The summed E-state index contributed by atoms with van der Waals surface area (Å²) in [4.78, 5) is 12.7. The minimum absolute atomic E-state index is 0.203. The molecule has 1 atom stereocenters. The Kier molecular flexibility index (Phi) is 6.46. The molecular weight excluding hydrogens is 340 g/mol. The van der Waals surface area contributed by atoms with E-state index in [1.54, 1.807) is 19.1 Å². The molecule has 1 heterocycles. The highest BCUT2D eigenvalue weighted by Gasteiger charge is 2.40. The zero-order chi connectivity index (χ0) is 18.6. The van der Waals surface area contributed by atoms with Gasteiger partial charge in [0.25, 0.3) is 0 Å². The van der Waals surface area contributed by atoms with Crippen LogP contribution in [0.1, 0.15) is 38.7 Å². The van der Waals surface area contributed by atoms with Crippen LogP contribution >= 0.6 is 0 Å². The third kappa shape index (κ3) is 4.52. The molecule has 1 aromatic carbocycles. The maximum absolute atomic E-state index is 13.1. The van der Waals surface area contributed by atoms with Crippen LogP contribution in [-0.4, -0.2) is 44.9 Å². The van der Waals surface area contributed by atoms with Gasteiger partial charge in [-0.05, 0) is 43.7 Å². The highest BCUT2D eigenvalue weighted by molar-refractivity contribution is 7.89. The number of amides is 1. The molecule has 0 spiro atoms. The zero-order valence-electron chi connectivity index (χ0n) is 15.4. The molecule has 6 nitrogen and oxygen atoms in total. The molecule has 0 unspecified atom stereocenters. The van der Waals surface area contributed by atoms with Crippen molar-refractivity contribution >= 4 is 15.9 Å². The second-order valence-corrected chi connectivity index (χ2v) is 8.74. The fourth-order valence-electron chi connectivity index (χ4n) is 3.00. The number of hydrogen-bond acceptors (Lipinski definition) is 4. The Morgan fingerprint density at radius 2 is 2.12 bits per heavy atom. The summed E-state index contributed by atoms with van der Waals surface area (Å²) in [5.74, 6) is 0.770. The van der Waals surface area contributed by atoms with Gasteiger partial charge in [0, 0.05) is 19.2 Å². The van der Waals surface area contributed by atoms with E-state index in [0.717, 1.165) is 6.42 Å². The third-order valence-electron chi connectivity index (χ3n) is 4.51. The van der Waals surface area contributed by atoms with Gasteiger partial charge in [0.1, 0.15) is 11.8 Å². The minimum Gasteiger partial charge on any atom is -0.497 e. The van der Waals surface area contributed by atoms with Crippen LogP contribution in [0.25, 0.3) is 0 Å². The minimum atomic E-state index is -3.75. The van der Waals surface area contributed by atoms with Crippen molar-refractivity contribution in [2.24, 2.45) is 5.92 Å². The monoisotopic (exact) mass is 368 g/mol. The summed E-state index contributed by atoms with van der Waals surface area (Å²) in [5, 5.41) is 2.88. The van der Waals surface area contributed by atoms with E-state index in [2.05, 4.69) is 19.2 Å². The SMILES string of the molecule is COc1ccc(C)c(S(=O)(=O)N2CCC[C@@H]2C(=O)NCCC(C)C)c1. The van der Waals surface area contributed by atoms with Crippen molar-refractivity contribution in [2.75, 3.05) is 20.2 Å². The van der Waals surface area contributed by atoms with Crippen molar-refractivity contribution in [3.05, 3.63) is 23.8 Å². The molecule has 2 rings (SSSR count). The first-order chi connectivity index (χ1) is 11.8. The maximum Gasteiger partial charge on any atom is 0.244 e. The lowest BCUT2D eigenvalue weighted by Gasteiger charge is -2.24. The zero-order valence-corrected chi connectivity index (χ0v) is 16.2. The maximum atomic E-state index is 13.1. The van der Waals surface area contributed by atoms with Crippen LogP contribution in [0.15, 0.2) is 23.1 Å². The van der Waals surface area contributed by atoms with Gasteiger partial charge in [-0.15, -0.1) is 0 Å². The molecule has 7 heteroatoms. The fraction of sp³-hybridized carbons (Fsp3) is 0.611. The number of rotatable bonds is 7. The van der Waals surface area contributed by atoms with E-state index < -0.39 is 16.1 Å². The Balaban J connectivity index is 2.21. The molecule has 0 radical (unpaired) electrons. The summed E-state index contributed by atoms with van der Waals surface area (Å²) in [5.41, 5.74) is 0.645. The number of sulfonamides is 1. The van der Waals surface area contributed by atoms with Gasteiger partial charge < -0.3 is 10.1 Å². The number of aryl methyl sites for hydroxylation is 1. The number of nitrogens with zero attached hydrogens (tertiary/aromatic N) is 1.